The van der Waals surface area contributed by atoms with Crippen molar-refractivity contribution in [1.82, 2.24) is 10.3 Å². The lowest BCUT2D eigenvalue weighted by Gasteiger charge is -2.24. The fourth-order valence-electron chi connectivity index (χ4n) is 3.97. The van der Waals surface area contributed by atoms with E-state index in [0.29, 0.717) is 24.1 Å². The fourth-order valence-corrected chi connectivity index (χ4v) is 4.80. The van der Waals surface area contributed by atoms with Crippen molar-refractivity contribution in [3.05, 3.63) is 70.9 Å². The molecule has 0 aliphatic rings. The lowest BCUT2D eigenvalue weighted by atomic mass is 9.77. The minimum atomic E-state index is -1.09. The summed E-state index contributed by atoms with van der Waals surface area (Å²) in [7, 11) is 0. The van der Waals surface area contributed by atoms with Crippen molar-refractivity contribution in [2.75, 3.05) is 5.32 Å². The number of hydrogen-bond donors (Lipinski definition) is 3. The molecule has 0 saturated heterocycles. The van der Waals surface area contributed by atoms with E-state index in [0.717, 1.165) is 27.3 Å². The number of nitrogens with one attached hydrogen (secondary N) is 2. The number of carbonyl (C=O) groups is 3. The fraction of sp³-hybridized carbons (Fsp3) is 0.321. The molecule has 1 aromatic heterocycles. The highest BCUT2D eigenvalue weighted by Gasteiger charge is 2.28. The van der Waals surface area contributed by atoms with Crippen molar-refractivity contribution in [1.29, 1.82) is 5.26 Å². The lowest BCUT2D eigenvalue weighted by molar-refractivity contribution is -0.140. The van der Waals surface area contributed by atoms with E-state index in [4.69, 9.17) is 0 Å². The molecule has 0 aliphatic carbocycles. The predicted octanol–water partition coefficient (Wildman–Crippen LogP) is 5.48. The summed E-state index contributed by atoms with van der Waals surface area (Å²) in [5, 5.41) is 24.5. The summed E-state index contributed by atoms with van der Waals surface area (Å²) in [4.78, 5) is 41.4. The molecule has 2 amide bonds. The van der Waals surface area contributed by atoms with Crippen molar-refractivity contribution in [3.63, 3.8) is 0 Å². The zero-order valence-corrected chi connectivity index (χ0v) is 22.1. The van der Waals surface area contributed by atoms with Gasteiger partial charge in [0.15, 0.2) is 5.01 Å². The second-order valence-corrected chi connectivity index (χ2v) is 10.1. The number of carboxylic acids is 1. The first-order valence-corrected chi connectivity index (χ1v) is 12.9. The molecule has 0 spiro atoms. The average Bonchev–Trinajstić information content (AvgIpc) is 3.39. The topological polar surface area (TPSA) is 132 Å². The van der Waals surface area contributed by atoms with Gasteiger partial charge in [-0.25, -0.2) is 9.78 Å². The van der Waals surface area contributed by atoms with Crippen LogP contribution >= 0.6 is 11.3 Å². The molecule has 3 N–H and O–H groups in total. The Hall–Kier alpha value is -4.03. The van der Waals surface area contributed by atoms with E-state index in [9.17, 15) is 24.8 Å². The molecule has 1 heterocycles. The first-order valence-electron chi connectivity index (χ1n) is 12.1. The Morgan fingerprint density at radius 2 is 1.65 bits per heavy atom. The van der Waals surface area contributed by atoms with Crippen molar-refractivity contribution in [3.8, 4) is 16.5 Å². The molecule has 37 heavy (non-hydrogen) atoms. The zero-order chi connectivity index (χ0) is 27.2. The van der Waals surface area contributed by atoms with Crippen molar-refractivity contribution >= 4 is 34.8 Å². The zero-order valence-electron chi connectivity index (χ0n) is 21.2. The van der Waals surface area contributed by atoms with Crippen LogP contribution in [0, 0.1) is 17.2 Å². The second kappa shape index (κ2) is 11.8. The third kappa shape index (κ3) is 6.22. The Morgan fingerprint density at radius 3 is 2.16 bits per heavy atom. The third-order valence-corrected chi connectivity index (χ3v) is 7.51. The molecular weight excluding hydrogens is 488 g/mol. The smallest absolute Gasteiger partial charge is 0.326 e. The Kier molecular flexibility index (Phi) is 8.79. The molecule has 192 valence electrons. The molecule has 0 aliphatic heterocycles. The first-order chi connectivity index (χ1) is 17.6. The molecular formula is C28H30N4O4S. The van der Waals surface area contributed by atoms with Crippen LogP contribution in [0.2, 0.25) is 0 Å². The second-order valence-electron chi connectivity index (χ2n) is 9.07. The number of aliphatic carboxylic acids is 1. The number of carbonyl (C=O) groups excluding carboxylic acids is 2. The average molecular weight is 519 g/mol. The number of hydrogen-bond acceptors (Lipinski definition) is 6. The number of amides is 2. The van der Waals surface area contributed by atoms with Crippen LogP contribution in [0.5, 0.6) is 0 Å². The number of aromatic nitrogens is 1. The van der Waals surface area contributed by atoms with Gasteiger partial charge in [-0.05, 0) is 54.2 Å². The van der Waals surface area contributed by atoms with Gasteiger partial charge in [-0.15, -0.1) is 11.3 Å². The maximum atomic E-state index is 12.7. The standard InChI is InChI=1S/C28H30N4O4S/c1-5-28(6-2,16-29)20-11-7-19(8-12-20)24(33)31-21-13-9-18(10-14-21)22-15-30-26(37-22)25(34)32-23(17(3)4)27(35)36/h7-15,17,23H,5-6H2,1-4H3,(H,31,33)(H,32,34)(H,35,36). The van der Waals surface area contributed by atoms with Gasteiger partial charge in [0.1, 0.15) is 6.04 Å². The van der Waals surface area contributed by atoms with Gasteiger partial charge in [0.05, 0.1) is 16.4 Å². The summed E-state index contributed by atoms with van der Waals surface area (Å²) in [6, 6.07) is 15.7. The van der Waals surface area contributed by atoms with Crippen molar-refractivity contribution in [2.24, 2.45) is 5.92 Å². The van der Waals surface area contributed by atoms with Crippen LogP contribution in [0.4, 0.5) is 5.69 Å². The number of nitrogens with zero attached hydrogens (tertiary/aromatic N) is 2. The van der Waals surface area contributed by atoms with E-state index in [2.05, 4.69) is 21.7 Å². The molecule has 0 radical (unpaired) electrons. The van der Waals surface area contributed by atoms with Gasteiger partial charge in [0.2, 0.25) is 0 Å². The Morgan fingerprint density at radius 1 is 1.03 bits per heavy atom. The van der Waals surface area contributed by atoms with Crippen LogP contribution in [0.1, 0.15) is 66.3 Å². The Balaban J connectivity index is 1.67. The largest absolute Gasteiger partial charge is 0.480 e. The number of nitriles is 1. The number of thiazole rings is 1. The monoisotopic (exact) mass is 518 g/mol. The highest BCUT2D eigenvalue weighted by molar-refractivity contribution is 7.17. The molecule has 1 unspecified atom stereocenters. The van der Waals surface area contributed by atoms with Gasteiger partial charge in [0, 0.05) is 17.4 Å². The quantitative estimate of drug-likeness (QED) is 0.325. The van der Waals surface area contributed by atoms with Crippen LogP contribution in [-0.4, -0.2) is 33.9 Å². The SMILES string of the molecule is CCC(C#N)(CC)c1ccc(C(=O)Nc2ccc(-c3cnc(C(=O)NC(C(=O)O)C(C)C)s3)cc2)cc1. The highest BCUT2D eigenvalue weighted by atomic mass is 32.1. The van der Waals surface area contributed by atoms with Crippen LogP contribution < -0.4 is 10.6 Å². The van der Waals surface area contributed by atoms with Gasteiger partial charge in [-0.1, -0.05) is 52.0 Å². The summed E-state index contributed by atoms with van der Waals surface area (Å²) in [5.41, 5.74) is 2.26. The minimum absolute atomic E-state index is 0.175. The third-order valence-electron chi connectivity index (χ3n) is 6.47. The van der Waals surface area contributed by atoms with Gasteiger partial charge in [-0.3, -0.25) is 9.59 Å². The van der Waals surface area contributed by atoms with E-state index in [-0.39, 0.29) is 16.8 Å². The summed E-state index contributed by atoms with van der Waals surface area (Å²) >= 11 is 1.16. The normalized spacial score (nSPS) is 12.0. The number of benzene rings is 2. The van der Waals surface area contributed by atoms with Crippen LogP contribution in [0.15, 0.2) is 54.7 Å². The van der Waals surface area contributed by atoms with E-state index in [1.807, 2.05) is 38.1 Å². The van der Waals surface area contributed by atoms with Gasteiger partial charge >= 0.3 is 5.97 Å². The molecule has 3 rings (SSSR count). The number of anilines is 1. The van der Waals surface area contributed by atoms with Crippen LogP contribution in [-0.2, 0) is 10.2 Å². The van der Waals surface area contributed by atoms with Crippen LogP contribution in [0.3, 0.4) is 0 Å². The molecule has 0 saturated carbocycles. The highest BCUT2D eigenvalue weighted by Crippen LogP contribution is 2.31. The molecule has 0 bridgehead atoms. The molecule has 1 atom stereocenters. The molecule has 0 fully saturated rings. The van der Waals surface area contributed by atoms with Crippen LogP contribution in [0.25, 0.3) is 10.4 Å². The lowest BCUT2D eigenvalue weighted by Crippen LogP contribution is -2.44. The van der Waals surface area contributed by atoms with E-state index >= 15 is 0 Å². The molecule has 3 aromatic rings. The maximum absolute atomic E-state index is 12.7. The number of rotatable bonds is 10. The molecule has 9 heteroatoms. The first kappa shape index (κ1) is 27.6. The summed E-state index contributed by atoms with van der Waals surface area (Å²) in [5.74, 6) is -2.15. The minimum Gasteiger partial charge on any atom is -0.480 e. The predicted molar refractivity (Wildman–Crippen MR) is 144 cm³/mol. The summed E-state index contributed by atoms with van der Waals surface area (Å²) in [6.45, 7) is 7.42. The summed E-state index contributed by atoms with van der Waals surface area (Å²) in [6.07, 6.45) is 2.96. The maximum Gasteiger partial charge on any atom is 0.326 e. The van der Waals surface area contributed by atoms with Gasteiger partial charge < -0.3 is 15.7 Å². The summed E-state index contributed by atoms with van der Waals surface area (Å²) < 4.78 is 0. The van der Waals surface area contributed by atoms with Crippen molar-refractivity contribution < 1.29 is 19.5 Å². The Labute approximate surface area is 220 Å². The van der Waals surface area contributed by atoms with E-state index < -0.39 is 23.3 Å². The molecule has 8 nitrogen and oxygen atoms in total. The van der Waals surface area contributed by atoms with Crippen molar-refractivity contribution in [2.45, 2.75) is 52.0 Å². The number of carboxylic acid groups (broad SMARTS) is 1. The van der Waals surface area contributed by atoms with Gasteiger partial charge in [-0.2, -0.15) is 5.26 Å². The Bertz CT molecular complexity index is 1300. The molecule has 2 aromatic carbocycles. The van der Waals surface area contributed by atoms with E-state index in [1.165, 1.54) is 0 Å². The van der Waals surface area contributed by atoms with Gasteiger partial charge in [0.25, 0.3) is 11.8 Å². The van der Waals surface area contributed by atoms with E-state index in [1.54, 1.807) is 44.3 Å².